The highest BCUT2D eigenvalue weighted by Crippen LogP contribution is 2.24. The van der Waals surface area contributed by atoms with Crippen LogP contribution in [-0.4, -0.2) is 32.7 Å². The van der Waals surface area contributed by atoms with Crippen LogP contribution in [0, 0.1) is 0 Å². The van der Waals surface area contributed by atoms with E-state index >= 15 is 0 Å². The molecule has 6 heteroatoms. The molecule has 0 unspecified atom stereocenters. The highest BCUT2D eigenvalue weighted by atomic mass is 16.5. The number of ether oxygens (including phenoxy) is 1. The summed E-state index contributed by atoms with van der Waals surface area (Å²) in [4.78, 5) is 11.3. The first-order valence-electron chi connectivity index (χ1n) is 7.09. The fourth-order valence-corrected chi connectivity index (χ4v) is 2.09. The first-order chi connectivity index (χ1) is 10.2. The van der Waals surface area contributed by atoms with Crippen LogP contribution in [0.25, 0.3) is 5.69 Å². The zero-order valence-electron chi connectivity index (χ0n) is 12.2. The summed E-state index contributed by atoms with van der Waals surface area (Å²) in [6.07, 6.45) is 2.30. The molecule has 1 aromatic carbocycles. The third-order valence-electron chi connectivity index (χ3n) is 3.01. The van der Waals surface area contributed by atoms with Crippen LogP contribution in [0.1, 0.15) is 42.9 Å². The normalized spacial score (nSPS) is 10.6. The van der Waals surface area contributed by atoms with E-state index in [-0.39, 0.29) is 5.69 Å². The number of carboxylic acids is 1. The quantitative estimate of drug-likeness (QED) is 0.848. The molecule has 6 nitrogen and oxygen atoms in total. The van der Waals surface area contributed by atoms with Gasteiger partial charge in [-0.25, -0.2) is 9.48 Å². The van der Waals surface area contributed by atoms with Crippen LogP contribution in [-0.2, 0) is 6.42 Å². The van der Waals surface area contributed by atoms with E-state index in [0.29, 0.717) is 24.5 Å². The Bertz CT molecular complexity index is 622. The summed E-state index contributed by atoms with van der Waals surface area (Å²) in [5.74, 6) is -0.379. The zero-order valence-corrected chi connectivity index (χ0v) is 12.2. The molecule has 21 heavy (non-hydrogen) atoms. The molecule has 0 radical (unpaired) electrons. The minimum atomic E-state index is -1.06. The summed E-state index contributed by atoms with van der Waals surface area (Å²) in [6, 6.07) is 7.45. The predicted octanol–water partition coefficient (Wildman–Crippen LogP) is 2.71. The number of para-hydroxylation sites is 2. The molecule has 112 valence electrons. The Morgan fingerprint density at radius 1 is 1.29 bits per heavy atom. The monoisotopic (exact) mass is 289 g/mol. The number of nitrogens with zero attached hydrogens (tertiary/aromatic N) is 3. The van der Waals surface area contributed by atoms with Gasteiger partial charge in [0, 0.05) is 0 Å². The second-order valence-electron chi connectivity index (χ2n) is 4.67. The molecule has 1 aromatic heterocycles. The molecular formula is C15H19N3O3. The third kappa shape index (κ3) is 3.21. The highest BCUT2D eigenvalue weighted by molar-refractivity contribution is 5.86. The summed E-state index contributed by atoms with van der Waals surface area (Å²) in [5, 5.41) is 17.0. The number of carbonyl (C=O) groups is 1. The summed E-state index contributed by atoms with van der Waals surface area (Å²) in [6.45, 7) is 4.62. The summed E-state index contributed by atoms with van der Waals surface area (Å²) in [7, 11) is 0. The summed E-state index contributed by atoms with van der Waals surface area (Å²) >= 11 is 0. The second kappa shape index (κ2) is 6.88. The van der Waals surface area contributed by atoms with Crippen molar-refractivity contribution in [3.63, 3.8) is 0 Å². The SMILES string of the molecule is CCCOc1ccccc1-n1nnc(C(=O)O)c1CCC. The second-order valence-corrected chi connectivity index (χ2v) is 4.67. The van der Waals surface area contributed by atoms with Gasteiger partial charge in [0.15, 0.2) is 5.69 Å². The number of rotatable bonds is 7. The molecule has 0 saturated carbocycles. The minimum absolute atomic E-state index is 0.00199. The molecule has 2 aromatic rings. The van der Waals surface area contributed by atoms with Gasteiger partial charge in [-0.3, -0.25) is 0 Å². The number of hydrogen-bond donors (Lipinski definition) is 1. The molecule has 0 amide bonds. The van der Waals surface area contributed by atoms with Gasteiger partial charge in [-0.2, -0.15) is 0 Å². The lowest BCUT2D eigenvalue weighted by atomic mass is 10.2. The van der Waals surface area contributed by atoms with Crippen LogP contribution in [0.5, 0.6) is 5.75 Å². The van der Waals surface area contributed by atoms with Crippen molar-refractivity contribution in [1.82, 2.24) is 15.0 Å². The zero-order chi connectivity index (χ0) is 15.2. The number of benzene rings is 1. The van der Waals surface area contributed by atoms with E-state index in [1.807, 2.05) is 38.1 Å². The van der Waals surface area contributed by atoms with Gasteiger partial charge in [0.25, 0.3) is 0 Å². The van der Waals surface area contributed by atoms with Gasteiger partial charge in [-0.05, 0) is 25.0 Å². The Hall–Kier alpha value is -2.37. The minimum Gasteiger partial charge on any atom is -0.491 e. The maximum atomic E-state index is 11.3. The Labute approximate surface area is 123 Å². The lowest BCUT2D eigenvalue weighted by Gasteiger charge is -2.12. The van der Waals surface area contributed by atoms with Crippen molar-refractivity contribution >= 4 is 5.97 Å². The van der Waals surface area contributed by atoms with Crippen molar-refractivity contribution in [2.24, 2.45) is 0 Å². The van der Waals surface area contributed by atoms with E-state index < -0.39 is 5.97 Å². The largest absolute Gasteiger partial charge is 0.491 e. The molecular weight excluding hydrogens is 270 g/mol. The van der Waals surface area contributed by atoms with E-state index in [4.69, 9.17) is 4.74 Å². The van der Waals surface area contributed by atoms with E-state index in [1.165, 1.54) is 0 Å². The van der Waals surface area contributed by atoms with Crippen molar-refractivity contribution in [1.29, 1.82) is 0 Å². The first-order valence-corrected chi connectivity index (χ1v) is 7.09. The van der Waals surface area contributed by atoms with E-state index in [1.54, 1.807) is 4.68 Å². The first kappa shape index (κ1) is 15.0. The van der Waals surface area contributed by atoms with Gasteiger partial charge in [0.05, 0.1) is 12.3 Å². The van der Waals surface area contributed by atoms with E-state index in [2.05, 4.69) is 10.3 Å². The number of aromatic nitrogens is 3. The Kier molecular flexibility index (Phi) is 4.92. The number of hydrogen-bond acceptors (Lipinski definition) is 4. The van der Waals surface area contributed by atoms with Gasteiger partial charge in [-0.15, -0.1) is 5.10 Å². The molecule has 2 rings (SSSR count). The average Bonchev–Trinajstić information content (AvgIpc) is 2.89. The van der Waals surface area contributed by atoms with Crippen LogP contribution in [0.15, 0.2) is 24.3 Å². The average molecular weight is 289 g/mol. The van der Waals surface area contributed by atoms with Crippen molar-refractivity contribution in [3.8, 4) is 11.4 Å². The van der Waals surface area contributed by atoms with Crippen molar-refractivity contribution in [3.05, 3.63) is 35.7 Å². The fourth-order valence-electron chi connectivity index (χ4n) is 2.09. The van der Waals surface area contributed by atoms with Crippen LogP contribution in [0.4, 0.5) is 0 Å². The maximum Gasteiger partial charge on any atom is 0.358 e. The molecule has 0 saturated heterocycles. The van der Waals surface area contributed by atoms with E-state index in [0.717, 1.165) is 18.5 Å². The Morgan fingerprint density at radius 2 is 2.05 bits per heavy atom. The molecule has 1 heterocycles. The molecule has 1 N–H and O–H groups in total. The van der Waals surface area contributed by atoms with Crippen molar-refractivity contribution < 1.29 is 14.6 Å². The maximum absolute atomic E-state index is 11.3. The molecule has 0 spiro atoms. The van der Waals surface area contributed by atoms with Crippen LogP contribution >= 0.6 is 0 Å². The van der Waals surface area contributed by atoms with E-state index in [9.17, 15) is 9.90 Å². The van der Waals surface area contributed by atoms with Gasteiger partial charge < -0.3 is 9.84 Å². The highest BCUT2D eigenvalue weighted by Gasteiger charge is 2.20. The Morgan fingerprint density at radius 3 is 2.71 bits per heavy atom. The van der Waals surface area contributed by atoms with Crippen LogP contribution in [0.2, 0.25) is 0 Å². The fraction of sp³-hybridized carbons (Fsp3) is 0.400. The third-order valence-corrected chi connectivity index (χ3v) is 3.01. The molecule has 0 aliphatic carbocycles. The molecule has 0 aliphatic rings. The van der Waals surface area contributed by atoms with Gasteiger partial charge >= 0.3 is 5.97 Å². The standard InChI is InChI=1S/C15H19N3O3/c1-3-7-12-14(15(19)20)16-17-18(12)11-8-5-6-9-13(11)21-10-4-2/h5-6,8-9H,3-4,7,10H2,1-2H3,(H,19,20). The van der Waals surface area contributed by atoms with Gasteiger partial charge in [0.1, 0.15) is 11.4 Å². The lowest BCUT2D eigenvalue weighted by Crippen LogP contribution is -2.08. The van der Waals surface area contributed by atoms with Gasteiger partial charge in [-0.1, -0.05) is 37.6 Å². The summed E-state index contributed by atoms with van der Waals surface area (Å²) < 4.78 is 7.27. The molecule has 0 fully saturated rings. The number of carboxylic acid groups (broad SMARTS) is 1. The van der Waals surface area contributed by atoms with Crippen LogP contribution in [0.3, 0.4) is 0 Å². The lowest BCUT2D eigenvalue weighted by molar-refractivity contribution is 0.0689. The van der Waals surface area contributed by atoms with Gasteiger partial charge in [0.2, 0.25) is 0 Å². The van der Waals surface area contributed by atoms with Crippen LogP contribution < -0.4 is 4.74 Å². The molecule has 0 aliphatic heterocycles. The Balaban J connectivity index is 2.48. The smallest absolute Gasteiger partial charge is 0.358 e. The van der Waals surface area contributed by atoms with Crippen molar-refractivity contribution in [2.75, 3.05) is 6.61 Å². The molecule has 0 atom stereocenters. The number of aromatic carboxylic acids is 1. The topological polar surface area (TPSA) is 77.2 Å². The van der Waals surface area contributed by atoms with Crippen molar-refractivity contribution in [2.45, 2.75) is 33.1 Å². The summed E-state index contributed by atoms with van der Waals surface area (Å²) in [5.41, 5.74) is 1.31. The predicted molar refractivity (Wildman–Crippen MR) is 78.1 cm³/mol. The molecule has 0 bridgehead atoms.